The van der Waals surface area contributed by atoms with Crippen LogP contribution in [0.1, 0.15) is 28.8 Å². The molecule has 3 aliphatic rings. The van der Waals surface area contributed by atoms with Gasteiger partial charge in [-0.15, -0.1) is 0 Å². The molecule has 4 rings (SSSR count). The van der Waals surface area contributed by atoms with Gasteiger partial charge in [0.1, 0.15) is 17.9 Å². The first-order chi connectivity index (χ1) is 12.0. The van der Waals surface area contributed by atoms with Crippen LogP contribution in [-0.2, 0) is 20.9 Å². The van der Waals surface area contributed by atoms with Crippen LogP contribution in [0, 0.1) is 0 Å². The first-order valence-corrected chi connectivity index (χ1v) is 8.30. The highest BCUT2D eigenvalue weighted by molar-refractivity contribution is 6.05. The molecule has 25 heavy (non-hydrogen) atoms. The van der Waals surface area contributed by atoms with Crippen LogP contribution in [0.2, 0.25) is 0 Å². The summed E-state index contributed by atoms with van der Waals surface area (Å²) < 4.78 is 11.1. The number of carbonyl (C=O) groups excluding carboxylic acids is 3. The summed E-state index contributed by atoms with van der Waals surface area (Å²) in [6.45, 7) is 1.24. The van der Waals surface area contributed by atoms with Crippen molar-refractivity contribution in [1.29, 1.82) is 0 Å². The molecule has 1 aromatic rings. The summed E-state index contributed by atoms with van der Waals surface area (Å²) in [5.41, 5.74) is 7.29. The van der Waals surface area contributed by atoms with Gasteiger partial charge in [0.05, 0.1) is 19.3 Å². The van der Waals surface area contributed by atoms with Crippen LogP contribution in [0.15, 0.2) is 18.2 Å². The smallest absolute Gasteiger partial charge is 0.255 e. The highest BCUT2D eigenvalue weighted by Crippen LogP contribution is 2.30. The highest BCUT2D eigenvalue weighted by atomic mass is 16.5. The molecule has 1 unspecified atom stereocenters. The lowest BCUT2D eigenvalue weighted by molar-refractivity contribution is -0.136. The van der Waals surface area contributed by atoms with Gasteiger partial charge in [-0.1, -0.05) is 0 Å². The minimum absolute atomic E-state index is 0.171. The van der Waals surface area contributed by atoms with Gasteiger partial charge in [-0.3, -0.25) is 19.7 Å². The van der Waals surface area contributed by atoms with Gasteiger partial charge < -0.3 is 20.1 Å². The lowest BCUT2D eigenvalue weighted by atomic mass is 10.0. The molecule has 0 saturated carbocycles. The standard InChI is InChI=1S/C17H19N3O5/c18-12-7-24-8-14(12)25-10-1-2-11-9(5-10)6-20(17(11)23)13-3-4-15(21)19-16(13)22/h1-2,5,12-14H,3-4,6-8,18H2,(H,19,21,22)/t12-,13?,14+/m1/s1. The first kappa shape index (κ1) is 16.0. The summed E-state index contributed by atoms with van der Waals surface area (Å²) in [7, 11) is 0. The van der Waals surface area contributed by atoms with Crippen LogP contribution in [0.4, 0.5) is 0 Å². The molecule has 0 spiro atoms. The Hall–Kier alpha value is -2.45. The third kappa shape index (κ3) is 2.87. The van der Waals surface area contributed by atoms with E-state index in [2.05, 4.69) is 5.32 Å². The summed E-state index contributed by atoms with van der Waals surface area (Å²) in [6, 6.07) is 4.47. The van der Waals surface area contributed by atoms with Crippen LogP contribution < -0.4 is 15.8 Å². The molecule has 0 aromatic heterocycles. The Bertz CT molecular complexity index is 750. The van der Waals surface area contributed by atoms with Crippen LogP contribution in [0.3, 0.4) is 0 Å². The zero-order valence-corrected chi connectivity index (χ0v) is 13.6. The number of hydrogen-bond donors (Lipinski definition) is 2. The number of nitrogens with two attached hydrogens (primary N) is 1. The predicted molar refractivity (Wildman–Crippen MR) is 85.7 cm³/mol. The van der Waals surface area contributed by atoms with Gasteiger partial charge in [-0.25, -0.2) is 0 Å². The van der Waals surface area contributed by atoms with E-state index in [1.165, 1.54) is 4.90 Å². The molecular weight excluding hydrogens is 326 g/mol. The summed E-state index contributed by atoms with van der Waals surface area (Å²) in [5.74, 6) is -0.279. The van der Waals surface area contributed by atoms with E-state index >= 15 is 0 Å². The predicted octanol–water partition coefficient (Wildman–Crippen LogP) is -0.447. The van der Waals surface area contributed by atoms with Crippen molar-refractivity contribution in [2.45, 2.75) is 37.6 Å². The van der Waals surface area contributed by atoms with E-state index in [1.807, 2.05) is 6.07 Å². The van der Waals surface area contributed by atoms with E-state index in [0.717, 1.165) is 5.56 Å². The minimum atomic E-state index is -0.612. The fraction of sp³-hybridized carbons (Fsp3) is 0.471. The summed E-state index contributed by atoms with van der Waals surface area (Å²) in [6.07, 6.45) is 0.383. The monoisotopic (exact) mass is 345 g/mol. The van der Waals surface area contributed by atoms with Gasteiger partial charge in [0.25, 0.3) is 5.91 Å². The van der Waals surface area contributed by atoms with Crippen molar-refractivity contribution >= 4 is 17.7 Å². The minimum Gasteiger partial charge on any atom is -0.486 e. The topological polar surface area (TPSA) is 111 Å². The number of carbonyl (C=O) groups is 3. The average molecular weight is 345 g/mol. The number of imide groups is 1. The average Bonchev–Trinajstić information content (AvgIpc) is 3.12. The van der Waals surface area contributed by atoms with Gasteiger partial charge in [0.15, 0.2) is 0 Å². The maximum absolute atomic E-state index is 12.6. The van der Waals surface area contributed by atoms with Crippen molar-refractivity contribution in [3.8, 4) is 5.75 Å². The lowest BCUT2D eigenvalue weighted by Gasteiger charge is -2.29. The molecule has 3 aliphatic heterocycles. The van der Waals surface area contributed by atoms with Crippen molar-refractivity contribution in [3.05, 3.63) is 29.3 Å². The Labute approximate surface area is 144 Å². The Balaban J connectivity index is 1.51. The molecule has 2 saturated heterocycles. The van der Waals surface area contributed by atoms with Crippen LogP contribution in [-0.4, -0.2) is 54.0 Å². The third-order valence-corrected chi connectivity index (χ3v) is 4.85. The Morgan fingerprint density at radius 1 is 1.24 bits per heavy atom. The second-order valence-corrected chi connectivity index (χ2v) is 6.58. The van der Waals surface area contributed by atoms with Crippen LogP contribution in [0.25, 0.3) is 0 Å². The van der Waals surface area contributed by atoms with Crippen molar-refractivity contribution in [1.82, 2.24) is 10.2 Å². The molecule has 2 fully saturated rings. The quantitative estimate of drug-likeness (QED) is 0.718. The Kier molecular flexibility index (Phi) is 3.93. The molecule has 1 aromatic carbocycles. The third-order valence-electron chi connectivity index (χ3n) is 4.85. The van der Waals surface area contributed by atoms with E-state index in [0.29, 0.717) is 37.5 Å². The molecule has 0 aliphatic carbocycles. The summed E-state index contributed by atoms with van der Waals surface area (Å²) in [4.78, 5) is 37.5. The number of ether oxygens (including phenoxy) is 2. The number of nitrogens with zero attached hydrogens (tertiary/aromatic N) is 1. The number of piperidine rings is 1. The molecular formula is C17H19N3O5. The molecule has 0 radical (unpaired) electrons. The molecule has 3 heterocycles. The van der Waals surface area contributed by atoms with E-state index in [-0.39, 0.29) is 30.4 Å². The van der Waals surface area contributed by atoms with Crippen molar-refractivity contribution < 1.29 is 23.9 Å². The van der Waals surface area contributed by atoms with Crippen molar-refractivity contribution in [2.24, 2.45) is 5.73 Å². The van der Waals surface area contributed by atoms with Gasteiger partial charge in [-0.05, 0) is 30.2 Å². The van der Waals surface area contributed by atoms with Crippen molar-refractivity contribution in [3.63, 3.8) is 0 Å². The van der Waals surface area contributed by atoms with Gasteiger partial charge in [0, 0.05) is 18.5 Å². The lowest BCUT2D eigenvalue weighted by Crippen LogP contribution is -2.52. The maximum Gasteiger partial charge on any atom is 0.255 e. The van der Waals surface area contributed by atoms with Crippen molar-refractivity contribution in [2.75, 3.05) is 13.2 Å². The molecule has 8 nitrogen and oxygen atoms in total. The number of amides is 3. The number of hydrogen-bond acceptors (Lipinski definition) is 6. The SMILES string of the molecule is N[C@@H]1COC[C@@H]1Oc1ccc2c(c1)CN(C1CCC(=O)NC1=O)C2=O. The summed E-state index contributed by atoms with van der Waals surface area (Å²) in [5, 5.41) is 2.29. The molecule has 8 heteroatoms. The molecule has 0 bridgehead atoms. The fourth-order valence-electron chi connectivity index (χ4n) is 3.47. The summed E-state index contributed by atoms with van der Waals surface area (Å²) >= 11 is 0. The zero-order valence-electron chi connectivity index (χ0n) is 13.6. The largest absolute Gasteiger partial charge is 0.486 e. The Morgan fingerprint density at radius 2 is 2.08 bits per heavy atom. The second kappa shape index (κ2) is 6.12. The van der Waals surface area contributed by atoms with E-state index in [9.17, 15) is 14.4 Å². The highest BCUT2D eigenvalue weighted by Gasteiger charge is 2.39. The zero-order chi connectivity index (χ0) is 17.6. The number of nitrogens with one attached hydrogen (secondary N) is 1. The van der Waals surface area contributed by atoms with E-state index in [1.54, 1.807) is 12.1 Å². The number of fused-ring (bicyclic) bond motifs is 1. The maximum atomic E-state index is 12.6. The molecule has 3 N–H and O–H groups in total. The van der Waals surface area contributed by atoms with Gasteiger partial charge in [0.2, 0.25) is 11.8 Å². The second-order valence-electron chi connectivity index (χ2n) is 6.58. The molecule has 3 amide bonds. The molecule has 3 atom stereocenters. The molecule has 132 valence electrons. The fourth-order valence-corrected chi connectivity index (χ4v) is 3.47. The normalized spacial score (nSPS) is 28.9. The number of rotatable bonds is 3. The number of benzene rings is 1. The van der Waals surface area contributed by atoms with Crippen LogP contribution >= 0.6 is 0 Å². The van der Waals surface area contributed by atoms with E-state index in [4.69, 9.17) is 15.2 Å². The Morgan fingerprint density at radius 3 is 2.80 bits per heavy atom. The van der Waals surface area contributed by atoms with Crippen LogP contribution in [0.5, 0.6) is 5.75 Å². The van der Waals surface area contributed by atoms with Gasteiger partial charge >= 0.3 is 0 Å². The van der Waals surface area contributed by atoms with E-state index < -0.39 is 11.9 Å². The van der Waals surface area contributed by atoms with Gasteiger partial charge in [-0.2, -0.15) is 0 Å². The first-order valence-electron chi connectivity index (χ1n) is 8.30.